The molecule has 112 valence electrons. The molecule has 0 atom stereocenters. The Kier molecular flexibility index (Phi) is 5.69. The van der Waals surface area contributed by atoms with Gasteiger partial charge in [0.1, 0.15) is 6.61 Å². The summed E-state index contributed by atoms with van der Waals surface area (Å²) in [5.41, 5.74) is 1.44. The Hall–Kier alpha value is -1.94. The van der Waals surface area contributed by atoms with Crippen LogP contribution in [0.1, 0.15) is 24.5 Å². The van der Waals surface area contributed by atoms with Crippen LogP contribution in [-0.2, 0) is 13.2 Å². The highest BCUT2D eigenvalue weighted by atomic mass is 19.1. The summed E-state index contributed by atoms with van der Waals surface area (Å²) in [4.78, 5) is 0. The fourth-order valence-electron chi connectivity index (χ4n) is 1.99. The smallest absolute Gasteiger partial charge is 0.191 e. The molecule has 0 aliphatic carbocycles. The third kappa shape index (κ3) is 4.53. The monoisotopic (exact) mass is 291 g/mol. The van der Waals surface area contributed by atoms with Crippen molar-refractivity contribution in [2.24, 2.45) is 0 Å². The van der Waals surface area contributed by atoms with Crippen LogP contribution in [0.15, 0.2) is 42.5 Å². The summed E-state index contributed by atoms with van der Waals surface area (Å²) in [6, 6.07) is 11.9. The molecule has 0 aromatic heterocycles. The first-order chi connectivity index (χ1) is 10.2. The van der Waals surface area contributed by atoms with E-state index in [0.29, 0.717) is 12.1 Å². The quantitative estimate of drug-likeness (QED) is 0.777. The Morgan fingerprint density at radius 3 is 2.29 bits per heavy atom. The van der Waals surface area contributed by atoms with Gasteiger partial charge in [0.25, 0.3) is 0 Å². The lowest BCUT2D eigenvalue weighted by Crippen LogP contribution is -2.14. The predicted molar refractivity (Wildman–Crippen MR) is 79.1 cm³/mol. The van der Waals surface area contributed by atoms with Gasteiger partial charge in [-0.25, -0.2) is 8.78 Å². The minimum absolute atomic E-state index is 0.141. The van der Waals surface area contributed by atoms with E-state index in [4.69, 9.17) is 4.74 Å². The first kappa shape index (κ1) is 15.4. The third-order valence-corrected chi connectivity index (χ3v) is 3.04. The highest BCUT2D eigenvalue weighted by Crippen LogP contribution is 2.24. The molecule has 0 aliphatic heterocycles. The maximum absolute atomic E-state index is 13.9. The van der Waals surface area contributed by atoms with Gasteiger partial charge in [0, 0.05) is 6.54 Å². The number of nitrogens with one attached hydrogen (secondary N) is 1. The minimum Gasteiger partial charge on any atom is -0.483 e. The molecule has 1 N–H and O–H groups in total. The van der Waals surface area contributed by atoms with Crippen LogP contribution < -0.4 is 10.1 Å². The topological polar surface area (TPSA) is 21.3 Å². The zero-order valence-corrected chi connectivity index (χ0v) is 12.0. The Balaban J connectivity index is 2.03. The fraction of sp³-hybridized carbons (Fsp3) is 0.294. The van der Waals surface area contributed by atoms with Crippen LogP contribution in [0.25, 0.3) is 0 Å². The number of halogens is 2. The normalized spacial score (nSPS) is 10.6. The van der Waals surface area contributed by atoms with E-state index in [-0.39, 0.29) is 12.4 Å². The molecular formula is C17H19F2NO. The van der Waals surface area contributed by atoms with Gasteiger partial charge >= 0.3 is 0 Å². The maximum atomic E-state index is 13.9. The van der Waals surface area contributed by atoms with E-state index >= 15 is 0 Å². The van der Waals surface area contributed by atoms with Crippen LogP contribution in [0.5, 0.6) is 5.75 Å². The van der Waals surface area contributed by atoms with Gasteiger partial charge in [0.15, 0.2) is 17.4 Å². The molecule has 2 aromatic carbocycles. The average molecular weight is 291 g/mol. The van der Waals surface area contributed by atoms with Gasteiger partial charge in [0.05, 0.1) is 0 Å². The van der Waals surface area contributed by atoms with Crippen LogP contribution in [0, 0.1) is 11.6 Å². The fourth-order valence-corrected chi connectivity index (χ4v) is 1.99. The van der Waals surface area contributed by atoms with E-state index in [2.05, 4.69) is 5.32 Å². The van der Waals surface area contributed by atoms with E-state index in [9.17, 15) is 8.78 Å². The Morgan fingerprint density at radius 2 is 1.67 bits per heavy atom. The molecule has 0 bridgehead atoms. The summed E-state index contributed by atoms with van der Waals surface area (Å²) in [5, 5.41) is 3.11. The van der Waals surface area contributed by atoms with E-state index in [0.717, 1.165) is 18.5 Å². The van der Waals surface area contributed by atoms with E-state index in [1.165, 1.54) is 12.1 Å². The zero-order chi connectivity index (χ0) is 15.1. The largest absolute Gasteiger partial charge is 0.483 e. The molecule has 0 heterocycles. The number of benzene rings is 2. The number of ether oxygens (including phenoxy) is 1. The molecule has 2 aromatic rings. The van der Waals surface area contributed by atoms with Gasteiger partial charge in [-0.3, -0.25) is 0 Å². The second-order valence-electron chi connectivity index (χ2n) is 4.84. The average Bonchev–Trinajstić information content (AvgIpc) is 2.48. The number of hydrogen-bond donors (Lipinski definition) is 1. The lowest BCUT2D eigenvalue weighted by atomic mass is 10.2. The molecule has 2 rings (SSSR count). The van der Waals surface area contributed by atoms with Crippen LogP contribution in [0.4, 0.5) is 8.78 Å². The molecule has 0 spiro atoms. The molecular weight excluding hydrogens is 272 g/mol. The lowest BCUT2D eigenvalue weighted by Gasteiger charge is -2.11. The number of rotatable bonds is 7. The molecule has 0 unspecified atom stereocenters. The minimum atomic E-state index is -0.667. The van der Waals surface area contributed by atoms with Crippen LogP contribution in [-0.4, -0.2) is 6.54 Å². The second-order valence-corrected chi connectivity index (χ2v) is 4.84. The molecule has 4 heteroatoms. The van der Waals surface area contributed by atoms with Gasteiger partial charge in [-0.2, -0.15) is 0 Å². The molecule has 0 amide bonds. The Bertz CT molecular complexity index is 549. The van der Waals surface area contributed by atoms with Crippen LogP contribution >= 0.6 is 0 Å². The maximum Gasteiger partial charge on any atom is 0.191 e. The van der Waals surface area contributed by atoms with Crippen molar-refractivity contribution in [1.29, 1.82) is 0 Å². The van der Waals surface area contributed by atoms with Gasteiger partial charge in [-0.1, -0.05) is 37.3 Å². The summed E-state index contributed by atoms with van der Waals surface area (Å²) in [6.45, 7) is 3.44. The highest BCUT2D eigenvalue weighted by molar-refractivity contribution is 5.31. The summed E-state index contributed by atoms with van der Waals surface area (Å²) < 4.78 is 33.1. The van der Waals surface area contributed by atoms with E-state index < -0.39 is 11.6 Å². The molecule has 21 heavy (non-hydrogen) atoms. The van der Waals surface area contributed by atoms with Gasteiger partial charge < -0.3 is 10.1 Å². The molecule has 0 radical (unpaired) electrons. The van der Waals surface area contributed by atoms with Gasteiger partial charge in [-0.05, 0) is 36.2 Å². The summed E-state index contributed by atoms with van der Waals surface area (Å²) >= 11 is 0. The Morgan fingerprint density at radius 1 is 1.00 bits per heavy atom. The van der Waals surface area contributed by atoms with Crippen molar-refractivity contribution in [2.45, 2.75) is 26.5 Å². The summed E-state index contributed by atoms with van der Waals surface area (Å²) in [5.74, 6) is -1.66. The van der Waals surface area contributed by atoms with Crippen molar-refractivity contribution in [2.75, 3.05) is 6.54 Å². The first-order valence-electron chi connectivity index (χ1n) is 7.06. The van der Waals surface area contributed by atoms with Crippen molar-refractivity contribution >= 4 is 0 Å². The highest BCUT2D eigenvalue weighted by Gasteiger charge is 2.12. The van der Waals surface area contributed by atoms with Crippen LogP contribution in [0.3, 0.4) is 0 Å². The van der Waals surface area contributed by atoms with Crippen molar-refractivity contribution < 1.29 is 13.5 Å². The van der Waals surface area contributed by atoms with E-state index in [1.807, 2.05) is 37.3 Å². The number of hydrogen-bond acceptors (Lipinski definition) is 2. The van der Waals surface area contributed by atoms with Gasteiger partial charge in [0.2, 0.25) is 0 Å². The molecule has 2 nitrogen and oxygen atoms in total. The van der Waals surface area contributed by atoms with E-state index in [1.54, 1.807) is 0 Å². The molecule has 0 saturated heterocycles. The molecule has 0 aliphatic rings. The zero-order valence-electron chi connectivity index (χ0n) is 12.0. The summed E-state index contributed by atoms with van der Waals surface area (Å²) in [6.07, 6.45) is 0.975. The Labute approximate surface area is 123 Å². The lowest BCUT2D eigenvalue weighted by molar-refractivity contribution is 0.273. The van der Waals surface area contributed by atoms with Crippen LogP contribution in [0.2, 0.25) is 0 Å². The van der Waals surface area contributed by atoms with Crippen molar-refractivity contribution in [1.82, 2.24) is 5.32 Å². The van der Waals surface area contributed by atoms with Crippen molar-refractivity contribution in [3.63, 3.8) is 0 Å². The van der Waals surface area contributed by atoms with Crippen molar-refractivity contribution in [3.8, 4) is 5.75 Å². The van der Waals surface area contributed by atoms with Crippen molar-refractivity contribution in [3.05, 3.63) is 65.2 Å². The molecule has 0 fully saturated rings. The summed E-state index contributed by atoms with van der Waals surface area (Å²) in [7, 11) is 0. The van der Waals surface area contributed by atoms with Gasteiger partial charge in [-0.15, -0.1) is 0 Å². The first-order valence-corrected chi connectivity index (χ1v) is 7.06. The molecule has 0 saturated carbocycles. The predicted octanol–water partition coefficient (Wildman–Crippen LogP) is 4.04. The second kappa shape index (κ2) is 7.74. The standard InChI is InChI=1S/C17H19F2NO/c1-2-8-20-11-14-9-15(18)17(16(19)10-14)21-12-13-6-4-3-5-7-13/h3-7,9-10,20H,2,8,11-12H2,1H3. The SMILES string of the molecule is CCCNCc1cc(F)c(OCc2ccccc2)c(F)c1. The third-order valence-electron chi connectivity index (χ3n) is 3.04.